The molecule has 84 valence electrons. The van der Waals surface area contributed by atoms with Gasteiger partial charge < -0.3 is 0 Å². The maximum Gasteiger partial charge on any atom is 0.152 e. The molecule has 1 aliphatic rings. The minimum Gasteiger partial charge on any atom is -0.229 e. The molecule has 2 nitrogen and oxygen atoms in total. The number of rotatable bonds is 4. The summed E-state index contributed by atoms with van der Waals surface area (Å²) in [5.41, 5.74) is 0. The Hall–Kier alpha value is -0.0500. The van der Waals surface area contributed by atoms with E-state index in [1.54, 1.807) is 0 Å². The van der Waals surface area contributed by atoms with Crippen molar-refractivity contribution in [3.63, 3.8) is 0 Å². The molecular weight excluding hydrogens is 196 g/mol. The third-order valence-corrected chi connectivity index (χ3v) is 5.53. The van der Waals surface area contributed by atoms with Crippen molar-refractivity contribution < 1.29 is 8.42 Å². The Morgan fingerprint density at radius 1 is 1.29 bits per heavy atom. The highest BCUT2D eigenvalue weighted by atomic mass is 32.2. The van der Waals surface area contributed by atoms with Gasteiger partial charge in [-0.2, -0.15) is 0 Å². The summed E-state index contributed by atoms with van der Waals surface area (Å²) in [7, 11) is -2.72. The average Bonchev–Trinajstić information content (AvgIpc) is 2.12. The minimum atomic E-state index is -2.72. The molecule has 0 radical (unpaired) electrons. The Morgan fingerprint density at radius 2 is 2.00 bits per heavy atom. The summed E-state index contributed by atoms with van der Waals surface area (Å²) in [5, 5.41) is -0.0946. The van der Waals surface area contributed by atoms with E-state index in [0.717, 1.165) is 12.8 Å². The van der Waals surface area contributed by atoms with E-state index in [1.807, 2.05) is 6.92 Å². The molecule has 0 N–H and O–H groups in total. The molecule has 1 aliphatic heterocycles. The first-order valence-electron chi connectivity index (χ1n) is 5.78. The first-order chi connectivity index (χ1) is 6.56. The summed E-state index contributed by atoms with van der Waals surface area (Å²) >= 11 is 0. The van der Waals surface area contributed by atoms with Crippen molar-refractivity contribution in [2.75, 3.05) is 5.75 Å². The summed E-state index contributed by atoms with van der Waals surface area (Å²) in [6.45, 7) is 4.06. The van der Waals surface area contributed by atoms with Crippen molar-refractivity contribution in [1.29, 1.82) is 0 Å². The topological polar surface area (TPSA) is 34.1 Å². The van der Waals surface area contributed by atoms with Crippen LogP contribution < -0.4 is 0 Å². The van der Waals surface area contributed by atoms with E-state index in [-0.39, 0.29) is 5.25 Å². The van der Waals surface area contributed by atoms with E-state index in [4.69, 9.17) is 0 Å². The molecule has 0 aromatic carbocycles. The van der Waals surface area contributed by atoms with Gasteiger partial charge in [-0.05, 0) is 25.7 Å². The van der Waals surface area contributed by atoms with Crippen molar-refractivity contribution in [3.05, 3.63) is 0 Å². The molecule has 1 fully saturated rings. The summed E-state index contributed by atoms with van der Waals surface area (Å²) in [4.78, 5) is 0. The quantitative estimate of drug-likeness (QED) is 0.680. The van der Waals surface area contributed by atoms with Crippen molar-refractivity contribution in [3.8, 4) is 0 Å². The fraction of sp³-hybridized carbons (Fsp3) is 1.00. The second-order valence-electron chi connectivity index (χ2n) is 4.56. The van der Waals surface area contributed by atoms with Gasteiger partial charge in [-0.3, -0.25) is 0 Å². The first kappa shape index (κ1) is 12.0. The summed E-state index contributed by atoms with van der Waals surface area (Å²) < 4.78 is 22.9. The molecule has 0 unspecified atom stereocenters. The van der Waals surface area contributed by atoms with Gasteiger partial charge in [0.15, 0.2) is 9.84 Å². The van der Waals surface area contributed by atoms with Gasteiger partial charge >= 0.3 is 0 Å². The van der Waals surface area contributed by atoms with Crippen molar-refractivity contribution >= 4 is 9.84 Å². The van der Waals surface area contributed by atoms with Gasteiger partial charge in [-0.25, -0.2) is 8.42 Å². The number of hydrogen-bond acceptors (Lipinski definition) is 2. The van der Waals surface area contributed by atoms with Crippen LogP contribution in [0.4, 0.5) is 0 Å². The zero-order valence-corrected chi connectivity index (χ0v) is 10.1. The maximum atomic E-state index is 11.5. The average molecular weight is 218 g/mol. The molecule has 1 heterocycles. The Kier molecular flexibility index (Phi) is 4.42. The predicted octanol–water partition coefficient (Wildman–Crippen LogP) is 2.78. The van der Waals surface area contributed by atoms with E-state index in [0.29, 0.717) is 11.7 Å². The van der Waals surface area contributed by atoms with Crippen LogP contribution in [0.15, 0.2) is 0 Å². The van der Waals surface area contributed by atoms with Gasteiger partial charge in [0.05, 0.1) is 11.0 Å². The van der Waals surface area contributed by atoms with E-state index in [9.17, 15) is 8.42 Å². The smallest absolute Gasteiger partial charge is 0.152 e. The second-order valence-corrected chi connectivity index (χ2v) is 7.10. The van der Waals surface area contributed by atoms with E-state index in [1.165, 1.54) is 25.7 Å². The normalized spacial score (nSPS) is 31.6. The van der Waals surface area contributed by atoms with Crippen LogP contribution >= 0.6 is 0 Å². The fourth-order valence-corrected chi connectivity index (χ4v) is 3.84. The molecule has 0 spiro atoms. The molecule has 0 saturated carbocycles. The first-order valence-corrected chi connectivity index (χ1v) is 7.49. The molecule has 0 aliphatic carbocycles. The van der Waals surface area contributed by atoms with Crippen LogP contribution in [0.25, 0.3) is 0 Å². The fourth-order valence-electron chi connectivity index (χ4n) is 2.21. The van der Waals surface area contributed by atoms with Crippen LogP contribution in [-0.4, -0.2) is 19.4 Å². The van der Waals surface area contributed by atoms with Crippen molar-refractivity contribution in [1.82, 2.24) is 0 Å². The van der Waals surface area contributed by atoms with Crippen molar-refractivity contribution in [2.45, 2.75) is 57.6 Å². The van der Waals surface area contributed by atoms with Gasteiger partial charge in [0.2, 0.25) is 0 Å². The number of unbranched alkanes of at least 4 members (excludes halogenated alkanes) is 2. The van der Waals surface area contributed by atoms with Crippen LogP contribution in [0.2, 0.25) is 0 Å². The molecule has 0 aromatic rings. The molecule has 2 atom stereocenters. The summed E-state index contributed by atoms with van der Waals surface area (Å²) in [5.74, 6) is 1.09. The predicted molar refractivity (Wildman–Crippen MR) is 60.1 cm³/mol. The van der Waals surface area contributed by atoms with Gasteiger partial charge in [0.1, 0.15) is 0 Å². The highest BCUT2D eigenvalue weighted by molar-refractivity contribution is 7.92. The van der Waals surface area contributed by atoms with E-state index >= 15 is 0 Å². The Morgan fingerprint density at radius 3 is 2.57 bits per heavy atom. The lowest BCUT2D eigenvalue weighted by atomic mass is 9.93. The zero-order valence-electron chi connectivity index (χ0n) is 9.33. The molecule has 1 rings (SSSR count). The van der Waals surface area contributed by atoms with Crippen LogP contribution in [0, 0.1) is 5.92 Å². The Labute approximate surface area is 88.0 Å². The lowest BCUT2D eigenvalue weighted by molar-refractivity contribution is 0.392. The van der Waals surface area contributed by atoms with E-state index in [2.05, 4.69) is 6.92 Å². The van der Waals surface area contributed by atoms with Gasteiger partial charge in [-0.15, -0.1) is 0 Å². The van der Waals surface area contributed by atoms with Crippen LogP contribution in [0.3, 0.4) is 0 Å². The number of hydrogen-bond donors (Lipinski definition) is 0. The maximum absolute atomic E-state index is 11.5. The summed E-state index contributed by atoms with van der Waals surface area (Å²) in [6.07, 6.45) is 6.84. The standard InChI is InChI=1S/C11H22O2S/c1-3-4-5-6-11-7-8-14(12,13)10(2)9-11/h10-11H,3-9H2,1-2H3/t10-,11-/m1/s1. The lowest BCUT2D eigenvalue weighted by Gasteiger charge is -2.26. The van der Waals surface area contributed by atoms with Crippen LogP contribution in [-0.2, 0) is 9.84 Å². The molecule has 1 saturated heterocycles. The van der Waals surface area contributed by atoms with Crippen molar-refractivity contribution in [2.24, 2.45) is 5.92 Å². The lowest BCUT2D eigenvalue weighted by Crippen LogP contribution is -2.30. The molecule has 14 heavy (non-hydrogen) atoms. The Bertz CT molecular complexity index is 256. The Balaban J connectivity index is 2.32. The van der Waals surface area contributed by atoms with Gasteiger partial charge in [-0.1, -0.05) is 32.6 Å². The van der Waals surface area contributed by atoms with E-state index < -0.39 is 9.84 Å². The molecule has 0 aromatic heterocycles. The molecule has 0 bridgehead atoms. The highest BCUT2D eigenvalue weighted by Gasteiger charge is 2.30. The highest BCUT2D eigenvalue weighted by Crippen LogP contribution is 2.28. The SMILES string of the molecule is CCCCC[C@@H]1CCS(=O)(=O)[C@H](C)C1. The largest absolute Gasteiger partial charge is 0.229 e. The molecular formula is C11H22O2S. The number of sulfone groups is 1. The zero-order chi connectivity index (χ0) is 10.6. The van der Waals surface area contributed by atoms with Gasteiger partial charge in [0, 0.05) is 0 Å². The minimum absolute atomic E-state index is 0.0946. The third kappa shape index (κ3) is 3.26. The summed E-state index contributed by atoms with van der Waals surface area (Å²) in [6, 6.07) is 0. The third-order valence-electron chi connectivity index (χ3n) is 3.30. The monoisotopic (exact) mass is 218 g/mol. The molecule has 3 heteroatoms. The molecule has 0 amide bonds. The van der Waals surface area contributed by atoms with Gasteiger partial charge in [0.25, 0.3) is 0 Å². The second kappa shape index (κ2) is 5.15. The van der Waals surface area contributed by atoms with Crippen LogP contribution in [0.1, 0.15) is 52.4 Å². The van der Waals surface area contributed by atoms with Crippen LogP contribution in [0.5, 0.6) is 0 Å².